The lowest BCUT2D eigenvalue weighted by Crippen LogP contribution is -2.24. The van der Waals surface area contributed by atoms with Gasteiger partial charge in [-0.25, -0.2) is 4.39 Å². The number of rotatable bonds is 7. The summed E-state index contributed by atoms with van der Waals surface area (Å²) in [6.45, 7) is 3.56. The van der Waals surface area contributed by atoms with Crippen molar-refractivity contribution in [2.45, 2.75) is 32.3 Å². The van der Waals surface area contributed by atoms with E-state index in [0.717, 1.165) is 5.56 Å². The van der Waals surface area contributed by atoms with E-state index in [1.807, 2.05) is 30.3 Å². The van der Waals surface area contributed by atoms with Crippen LogP contribution in [0.15, 0.2) is 42.5 Å². The normalized spacial score (nSPS) is 11.2. The lowest BCUT2D eigenvalue weighted by molar-refractivity contribution is -0.138. The molecule has 0 radical (unpaired) electrons. The van der Waals surface area contributed by atoms with Crippen LogP contribution in [0.4, 0.5) is 4.39 Å². The van der Waals surface area contributed by atoms with Crippen LogP contribution in [0.1, 0.15) is 31.4 Å². The zero-order valence-corrected chi connectivity index (χ0v) is 14.0. The molecule has 2 aromatic carbocycles. The van der Waals surface area contributed by atoms with Crippen LogP contribution in [-0.4, -0.2) is 18.2 Å². The second kappa shape index (κ2) is 7.34. The third-order valence-electron chi connectivity index (χ3n) is 3.80. The molecule has 5 heteroatoms. The molecule has 0 saturated heterocycles. The van der Waals surface area contributed by atoms with E-state index in [-0.39, 0.29) is 24.3 Å². The van der Waals surface area contributed by atoms with E-state index >= 15 is 0 Å². The molecule has 0 bridgehead atoms. The summed E-state index contributed by atoms with van der Waals surface area (Å²) >= 11 is 0. The molecule has 0 amide bonds. The first-order chi connectivity index (χ1) is 11.3. The van der Waals surface area contributed by atoms with Gasteiger partial charge in [0.25, 0.3) is 0 Å². The van der Waals surface area contributed by atoms with Crippen molar-refractivity contribution in [3.05, 3.63) is 59.4 Å². The molecule has 0 fully saturated rings. The molecule has 2 aromatic rings. The molecular formula is C19H21FO4. The number of carbonyl (C=O) groups is 1. The molecule has 0 heterocycles. The average Bonchev–Trinajstić information content (AvgIpc) is 2.52. The molecule has 0 unspecified atom stereocenters. The summed E-state index contributed by atoms with van der Waals surface area (Å²) in [5.74, 6) is -1.20. The molecule has 0 aliphatic heterocycles. The van der Waals surface area contributed by atoms with Gasteiger partial charge in [0.15, 0.2) is 11.6 Å². The summed E-state index contributed by atoms with van der Waals surface area (Å²) in [5.41, 5.74) is 0.185. The van der Waals surface area contributed by atoms with Gasteiger partial charge in [-0.05, 0) is 17.7 Å². The first kappa shape index (κ1) is 17.8. The Morgan fingerprint density at radius 3 is 2.33 bits per heavy atom. The molecule has 0 atom stereocenters. The maximum Gasteiger partial charge on any atom is 0.304 e. The van der Waals surface area contributed by atoms with Crippen molar-refractivity contribution in [3.63, 3.8) is 0 Å². The summed E-state index contributed by atoms with van der Waals surface area (Å²) < 4.78 is 25.8. The summed E-state index contributed by atoms with van der Waals surface area (Å²) in [5, 5.41) is 9.09. The minimum atomic E-state index is -1.00. The number of carboxylic acids is 1. The minimum absolute atomic E-state index is 0.0770. The number of hydrogen-bond acceptors (Lipinski definition) is 3. The Morgan fingerprint density at radius 2 is 1.75 bits per heavy atom. The second-order valence-electron chi connectivity index (χ2n) is 6.18. The highest BCUT2D eigenvalue weighted by molar-refractivity contribution is 5.69. The van der Waals surface area contributed by atoms with Crippen LogP contribution in [0, 0.1) is 5.82 Å². The Hall–Kier alpha value is -2.56. The molecule has 24 heavy (non-hydrogen) atoms. The fourth-order valence-corrected chi connectivity index (χ4v) is 2.65. The minimum Gasteiger partial charge on any atom is -0.496 e. The molecule has 0 saturated carbocycles. The fraction of sp³-hybridized carbons (Fsp3) is 0.316. The lowest BCUT2D eigenvalue weighted by Gasteiger charge is -2.26. The third-order valence-corrected chi connectivity index (χ3v) is 3.80. The van der Waals surface area contributed by atoms with Crippen molar-refractivity contribution >= 4 is 5.97 Å². The zero-order valence-electron chi connectivity index (χ0n) is 14.0. The van der Waals surface area contributed by atoms with Gasteiger partial charge in [-0.3, -0.25) is 4.79 Å². The monoisotopic (exact) mass is 332 g/mol. The van der Waals surface area contributed by atoms with Crippen molar-refractivity contribution in [1.82, 2.24) is 0 Å². The number of ether oxygens (including phenoxy) is 2. The predicted octanol–water partition coefficient (Wildman–Crippen LogP) is 4.17. The summed E-state index contributed by atoms with van der Waals surface area (Å²) in [6, 6.07) is 12.5. The number of hydrogen-bond donors (Lipinski definition) is 1. The van der Waals surface area contributed by atoms with Crippen LogP contribution in [0.25, 0.3) is 0 Å². The third kappa shape index (κ3) is 4.04. The second-order valence-corrected chi connectivity index (χ2v) is 6.18. The smallest absolute Gasteiger partial charge is 0.304 e. The number of aliphatic carboxylic acids is 1. The molecular weight excluding hydrogens is 311 g/mol. The molecule has 2 rings (SSSR count). The topological polar surface area (TPSA) is 55.8 Å². The number of halogens is 1. The Balaban J connectivity index is 2.34. The SMILES string of the molecule is COc1ccc(OCc2ccccc2)c(F)c1C(C)(C)CC(=O)O. The van der Waals surface area contributed by atoms with Gasteiger partial charge >= 0.3 is 5.97 Å². The molecule has 0 aromatic heterocycles. The fourth-order valence-electron chi connectivity index (χ4n) is 2.65. The van der Waals surface area contributed by atoms with Crippen molar-refractivity contribution in [3.8, 4) is 11.5 Å². The molecule has 128 valence electrons. The first-order valence-corrected chi connectivity index (χ1v) is 7.60. The van der Waals surface area contributed by atoms with E-state index < -0.39 is 17.2 Å². The maximum absolute atomic E-state index is 15.0. The Bertz CT molecular complexity index is 711. The van der Waals surface area contributed by atoms with Crippen LogP contribution in [0.5, 0.6) is 11.5 Å². The van der Waals surface area contributed by atoms with Crippen LogP contribution in [0.2, 0.25) is 0 Å². The maximum atomic E-state index is 15.0. The highest BCUT2D eigenvalue weighted by Gasteiger charge is 2.32. The van der Waals surface area contributed by atoms with Gasteiger partial charge in [0.2, 0.25) is 0 Å². The van der Waals surface area contributed by atoms with Crippen molar-refractivity contribution in [1.29, 1.82) is 0 Å². The van der Waals surface area contributed by atoms with Gasteiger partial charge in [-0.2, -0.15) is 0 Å². The Labute approximate surface area is 140 Å². The largest absolute Gasteiger partial charge is 0.496 e. The van der Waals surface area contributed by atoms with Gasteiger partial charge < -0.3 is 14.6 Å². The molecule has 0 aliphatic rings. The van der Waals surface area contributed by atoms with Crippen LogP contribution in [0.3, 0.4) is 0 Å². The Morgan fingerprint density at radius 1 is 1.12 bits per heavy atom. The van der Waals surface area contributed by atoms with E-state index in [9.17, 15) is 9.18 Å². The van der Waals surface area contributed by atoms with Gasteiger partial charge in [-0.15, -0.1) is 0 Å². The zero-order chi connectivity index (χ0) is 17.7. The summed E-state index contributed by atoms with van der Waals surface area (Å²) in [6.07, 6.45) is -0.220. The summed E-state index contributed by atoms with van der Waals surface area (Å²) in [4.78, 5) is 11.1. The molecule has 1 N–H and O–H groups in total. The first-order valence-electron chi connectivity index (χ1n) is 7.60. The average molecular weight is 332 g/mol. The van der Waals surface area contributed by atoms with Crippen LogP contribution >= 0.6 is 0 Å². The highest BCUT2D eigenvalue weighted by Crippen LogP contribution is 2.40. The Kier molecular flexibility index (Phi) is 5.44. The predicted molar refractivity (Wildman–Crippen MR) is 89.0 cm³/mol. The summed E-state index contributed by atoms with van der Waals surface area (Å²) in [7, 11) is 1.43. The van der Waals surface area contributed by atoms with Crippen molar-refractivity contribution in [2.75, 3.05) is 7.11 Å². The van der Waals surface area contributed by atoms with E-state index in [4.69, 9.17) is 14.6 Å². The van der Waals surface area contributed by atoms with Crippen LogP contribution < -0.4 is 9.47 Å². The molecule has 0 spiro atoms. The van der Waals surface area contributed by atoms with Gasteiger partial charge in [0.1, 0.15) is 12.4 Å². The standard InChI is InChI=1S/C19H21FO4/c1-19(2,11-16(21)22)17-14(23-3)9-10-15(18(17)20)24-12-13-7-5-4-6-8-13/h4-10H,11-12H2,1-3H3,(H,21,22). The highest BCUT2D eigenvalue weighted by atomic mass is 19.1. The van der Waals surface area contributed by atoms with Gasteiger partial charge in [0.05, 0.1) is 13.5 Å². The lowest BCUT2D eigenvalue weighted by atomic mass is 9.80. The van der Waals surface area contributed by atoms with Crippen molar-refractivity contribution < 1.29 is 23.8 Å². The van der Waals surface area contributed by atoms with E-state index in [0.29, 0.717) is 5.75 Å². The van der Waals surface area contributed by atoms with Gasteiger partial charge in [0, 0.05) is 11.0 Å². The van der Waals surface area contributed by atoms with Gasteiger partial charge in [-0.1, -0.05) is 44.2 Å². The van der Waals surface area contributed by atoms with E-state index in [2.05, 4.69) is 0 Å². The van der Waals surface area contributed by atoms with Crippen molar-refractivity contribution in [2.24, 2.45) is 0 Å². The van der Waals surface area contributed by atoms with E-state index in [1.54, 1.807) is 19.9 Å². The number of benzene rings is 2. The number of carboxylic acid groups (broad SMARTS) is 1. The quantitative estimate of drug-likeness (QED) is 0.827. The molecule has 4 nitrogen and oxygen atoms in total. The van der Waals surface area contributed by atoms with E-state index in [1.165, 1.54) is 13.2 Å². The number of methoxy groups -OCH3 is 1. The molecule has 0 aliphatic carbocycles. The van der Waals surface area contributed by atoms with Crippen LogP contribution in [-0.2, 0) is 16.8 Å².